The number of anilines is 1. The molecule has 14 heavy (non-hydrogen) atoms. The summed E-state index contributed by atoms with van der Waals surface area (Å²) in [6, 6.07) is 5.78. The number of halogens is 1. The molecule has 2 rings (SSSR count). The zero-order valence-corrected chi connectivity index (χ0v) is 9.34. The molecule has 4 N–H and O–H groups in total. The van der Waals surface area contributed by atoms with Crippen LogP contribution in [0.3, 0.4) is 0 Å². The average molecular weight is 257 g/mol. The number of benzene rings is 1. The quantitative estimate of drug-likeness (QED) is 0.713. The first-order valence-electron chi connectivity index (χ1n) is 4.63. The maximum atomic E-state index is 10.3. The zero-order valence-electron chi connectivity index (χ0n) is 7.76. The molecule has 4 heteroatoms. The fraction of sp³-hybridized carbons (Fsp3) is 0.400. The maximum Gasteiger partial charge on any atom is 0.105 e. The van der Waals surface area contributed by atoms with Crippen LogP contribution in [0.15, 0.2) is 22.7 Å². The van der Waals surface area contributed by atoms with E-state index in [2.05, 4.69) is 21.2 Å². The molecular formula is C10H13BrN2O. The van der Waals surface area contributed by atoms with E-state index in [4.69, 9.17) is 5.73 Å². The Morgan fingerprint density at radius 1 is 1.57 bits per heavy atom. The highest BCUT2D eigenvalue weighted by Crippen LogP contribution is 2.38. The lowest BCUT2D eigenvalue weighted by molar-refractivity contribution is 0.0376. The largest absolute Gasteiger partial charge is 0.384 e. The van der Waals surface area contributed by atoms with Crippen LogP contribution < -0.4 is 11.1 Å². The van der Waals surface area contributed by atoms with Gasteiger partial charge in [0, 0.05) is 23.1 Å². The summed E-state index contributed by atoms with van der Waals surface area (Å²) in [5.74, 6) is 0. The molecule has 1 aromatic carbocycles. The first kappa shape index (κ1) is 9.96. The number of hydrogen-bond acceptors (Lipinski definition) is 3. The lowest BCUT2D eigenvalue weighted by Crippen LogP contribution is -2.40. The van der Waals surface area contributed by atoms with Gasteiger partial charge in [0.05, 0.1) is 5.69 Å². The Bertz CT molecular complexity index is 356. The first-order chi connectivity index (χ1) is 6.67. The van der Waals surface area contributed by atoms with Crippen LogP contribution in [-0.2, 0) is 5.60 Å². The van der Waals surface area contributed by atoms with Gasteiger partial charge in [-0.1, -0.05) is 12.1 Å². The van der Waals surface area contributed by atoms with Crippen LogP contribution in [0, 0.1) is 0 Å². The van der Waals surface area contributed by atoms with Gasteiger partial charge in [-0.2, -0.15) is 0 Å². The van der Waals surface area contributed by atoms with E-state index in [-0.39, 0.29) is 6.54 Å². The van der Waals surface area contributed by atoms with Crippen molar-refractivity contribution in [1.82, 2.24) is 0 Å². The molecule has 1 aliphatic heterocycles. The highest BCUT2D eigenvalue weighted by molar-refractivity contribution is 9.10. The highest BCUT2D eigenvalue weighted by Gasteiger charge is 2.33. The number of hydrogen-bond donors (Lipinski definition) is 3. The van der Waals surface area contributed by atoms with Crippen molar-refractivity contribution in [2.24, 2.45) is 5.73 Å². The SMILES string of the molecule is NCC1(O)CCNc2c(Br)cccc21. The Morgan fingerprint density at radius 2 is 2.36 bits per heavy atom. The van der Waals surface area contributed by atoms with Crippen molar-refractivity contribution < 1.29 is 5.11 Å². The predicted molar refractivity (Wildman–Crippen MR) is 60.2 cm³/mol. The molecule has 1 unspecified atom stereocenters. The molecule has 1 aliphatic rings. The summed E-state index contributed by atoms with van der Waals surface area (Å²) < 4.78 is 0.974. The minimum absolute atomic E-state index is 0.262. The Kier molecular flexibility index (Phi) is 2.51. The first-order valence-corrected chi connectivity index (χ1v) is 5.42. The van der Waals surface area contributed by atoms with Crippen LogP contribution in [0.5, 0.6) is 0 Å². The van der Waals surface area contributed by atoms with E-state index in [9.17, 15) is 5.11 Å². The van der Waals surface area contributed by atoms with Crippen molar-refractivity contribution in [3.8, 4) is 0 Å². The smallest absolute Gasteiger partial charge is 0.105 e. The van der Waals surface area contributed by atoms with Crippen molar-refractivity contribution in [1.29, 1.82) is 0 Å². The maximum absolute atomic E-state index is 10.3. The molecule has 0 saturated heterocycles. The topological polar surface area (TPSA) is 58.3 Å². The second kappa shape index (κ2) is 3.53. The summed E-state index contributed by atoms with van der Waals surface area (Å²) in [5, 5.41) is 13.5. The molecule has 0 radical (unpaired) electrons. The van der Waals surface area contributed by atoms with Crippen LogP contribution in [-0.4, -0.2) is 18.2 Å². The molecular weight excluding hydrogens is 244 g/mol. The van der Waals surface area contributed by atoms with Gasteiger partial charge in [-0.15, -0.1) is 0 Å². The van der Waals surface area contributed by atoms with Crippen molar-refractivity contribution in [2.45, 2.75) is 12.0 Å². The van der Waals surface area contributed by atoms with Gasteiger partial charge in [0.1, 0.15) is 5.60 Å². The Balaban J connectivity index is 2.55. The second-order valence-corrected chi connectivity index (χ2v) is 4.43. The molecule has 0 saturated carbocycles. The number of fused-ring (bicyclic) bond motifs is 1. The summed E-state index contributed by atoms with van der Waals surface area (Å²) in [6.45, 7) is 1.02. The Morgan fingerprint density at radius 3 is 3.07 bits per heavy atom. The van der Waals surface area contributed by atoms with Crippen LogP contribution in [0.25, 0.3) is 0 Å². The lowest BCUT2D eigenvalue weighted by Gasteiger charge is -2.34. The van der Waals surface area contributed by atoms with Gasteiger partial charge in [0.25, 0.3) is 0 Å². The lowest BCUT2D eigenvalue weighted by atomic mass is 9.86. The zero-order chi connectivity index (χ0) is 10.2. The molecule has 0 aromatic heterocycles. The minimum Gasteiger partial charge on any atom is -0.384 e. The van der Waals surface area contributed by atoms with E-state index in [0.29, 0.717) is 6.42 Å². The van der Waals surface area contributed by atoms with Gasteiger partial charge < -0.3 is 16.2 Å². The summed E-state index contributed by atoms with van der Waals surface area (Å²) in [6.07, 6.45) is 0.660. The molecule has 76 valence electrons. The Hall–Kier alpha value is -0.580. The Labute approximate surface area is 91.4 Å². The van der Waals surface area contributed by atoms with Gasteiger partial charge in [0.2, 0.25) is 0 Å². The van der Waals surface area contributed by atoms with Crippen molar-refractivity contribution >= 4 is 21.6 Å². The van der Waals surface area contributed by atoms with Gasteiger partial charge in [-0.25, -0.2) is 0 Å². The number of rotatable bonds is 1. The molecule has 3 nitrogen and oxygen atoms in total. The molecule has 1 atom stereocenters. The van der Waals surface area contributed by atoms with E-state index in [1.165, 1.54) is 0 Å². The van der Waals surface area contributed by atoms with Crippen LogP contribution >= 0.6 is 15.9 Å². The van der Waals surface area contributed by atoms with E-state index in [0.717, 1.165) is 22.3 Å². The third-order valence-corrected chi connectivity index (χ3v) is 3.35. The fourth-order valence-corrected chi connectivity index (χ4v) is 2.34. The fourth-order valence-electron chi connectivity index (χ4n) is 1.83. The third kappa shape index (κ3) is 1.43. The molecule has 0 fully saturated rings. The van der Waals surface area contributed by atoms with Gasteiger partial charge in [0.15, 0.2) is 0 Å². The van der Waals surface area contributed by atoms with Crippen LogP contribution in [0.2, 0.25) is 0 Å². The van der Waals surface area contributed by atoms with E-state index < -0.39 is 5.60 Å². The summed E-state index contributed by atoms with van der Waals surface area (Å²) in [7, 11) is 0. The monoisotopic (exact) mass is 256 g/mol. The highest BCUT2D eigenvalue weighted by atomic mass is 79.9. The standard InChI is InChI=1S/C10H13BrN2O/c11-8-3-1-2-7-9(8)13-5-4-10(7,14)6-12/h1-3,13-14H,4-6,12H2. The molecule has 0 spiro atoms. The third-order valence-electron chi connectivity index (χ3n) is 2.69. The minimum atomic E-state index is -0.871. The van der Waals surface area contributed by atoms with Crippen molar-refractivity contribution in [2.75, 3.05) is 18.4 Å². The molecule has 0 bridgehead atoms. The summed E-state index contributed by atoms with van der Waals surface area (Å²) >= 11 is 3.45. The molecule has 0 aliphatic carbocycles. The van der Waals surface area contributed by atoms with Gasteiger partial charge in [-0.05, 0) is 28.4 Å². The van der Waals surface area contributed by atoms with Crippen molar-refractivity contribution in [3.63, 3.8) is 0 Å². The second-order valence-electron chi connectivity index (χ2n) is 3.57. The van der Waals surface area contributed by atoms with Crippen LogP contribution in [0.4, 0.5) is 5.69 Å². The number of para-hydroxylation sites is 1. The molecule has 1 aromatic rings. The van der Waals surface area contributed by atoms with E-state index in [1.807, 2.05) is 18.2 Å². The molecule has 1 heterocycles. The normalized spacial score (nSPS) is 25.4. The van der Waals surface area contributed by atoms with E-state index in [1.54, 1.807) is 0 Å². The van der Waals surface area contributed by atoms with Crippen LogP contribution in [0.1, 0.15) is 12.0 Å². The van der Waals surface area contributed by atoms with Gasteiger partial charge >= 0.3 is 0 Å². The number of nitrogens with one attached hydrogen (secondary N) is 1. The van der Waals surface area contributed by atoms with Gasteiger partial charge in [-0.3, -0.25) is 0 Å². The molecule has 0 amide bonds. The predicted octanol–water partition coefficient (Wildman–Crippen LogP) is 1.41. The van der Waals surface area contributed by atoms with E-state index >= 15 is 0 Å². The summed E-state index contributed by atoms with van der Waals surface area (Å²) in [4.78, 5) is 0. The average Bonchev–Trinajstić information content (AvgIpc) is 2.20. The number of aliphatic hydroxyl groups is 1. The summed E-state index contributed by atoms with van der Waals surface area (Å²) in [5.41, 5.74) is 6.59. The van der Waals surface area contributed by atoms with Crippen molar-refractivity contribution in [3.05, 3.63) is 28.2 Å². The number of nitrogens with two attached hydrogens (primary N) is 1.